The Bertz CT molecular complexity index is 963. The van der Waals surface area contributed by atoms with Gasteiger partial charge < -0.3 is 15.3 Å². The van der Waals surface area contributed by atoms with E-state index in [2.05, 4.69) is 37.3 Å². The van der Waals surface area contributed by atoms with E-state index in [1.165, 1.54) is 36.8 Å². The second-order valence-corrected chi connectivity index (χ2v) is 9.10. The Hall–Kier alpha value is -2.34. The molecule has 0 saturated carbocycles. The van der Waals surface area contributed by atoms with E-state index < -0.39 is 0 Å². The largest absolute Gasteiger partial charge is 0.508 e. The van der Waals surface area contributed by atoms with Gasteiger partial charge in [0.1, 0.15) is 5.75 Å². The van der Waals surface area contributed by atoms with Crippen molar-refractivity contribution in [3.05, 3.63) is 46.3 Å². The summed E-state index contributed by atoms with van der Waals surface area (Å²) in [6.45, 7) is 2.51. The van der Waals surface area contributed by atoms with Crippen LogP contribution in [0.1, 0.15) is 55.6 Å². The average molecular weight is 426 g/mol. The van der Waals surface area contributed by atoms with E-state index in [-0.39, 0.29) is 5.28 Å². The summed E-state index contributed by atoms with van der Waals surface area (Å²) in [4.78, 5) is 15.6. The van der Waals surface area contributed by atoms with Crippen LogP contribution in [-0.4, -0.2) is 39.7 Å². The van der Waals surface area contributed by atoms with Crippen molar-refractivity contribution in [1.82, 2.24) is 15.0 Å². The quantitative estimate of drug-likeness (QED) is 0.676. The van der Waals surface area contributed by atoms with Gasteiger partial charge in [-0.15, -0.1) is 0 Å². The molecule has 7 heteroatoms. The number of hydrogen-bond donors (Lipinski definition) is 2. The van der Waals surface area contributed by atoms with E-state index in [0.29, 0.717) is 29.5 Å². The molecule has 2 atom stereocenters. The number of hydrogen-bond acceptors (Lipinski definition) is 6. The van der Waals surface area contributed by atoms with Crippen LogP contribution in [0.5, 0.6) is 5.75 Å². The standard InChI is InChI=1S/C23H28ClN5O/c24-21-26-22(25-10-9-15-5-2-1-3-6-15)28-23(27-21)29-13-16-11-17(14-29)18-7-4-8-20(30)19(18)12-16/h4-5,7-8,16-17,30H,1-3,6,9-14H2,(H,25,26,27,28). The highest BCUT2D eigenvalue weighted by Crippen LogP contribution is 2.42. The highest BCUT2D eigenvalue weighted by atomic mass is 35.5. The second-order valence-electron chi connectivity index (χ2n) is 8.77. The zero-order valence-corrected chi connectivity index (χ0v) is 17.9. The number of rotatable bonds is 5. The fourth-order valence-corrected chi connectivity index (χ4v) is 5.41. The lowest BCUT2D eigenvalue weighted by Gasteiger charge is -2.42. The third kappa shape index (κ3) is 4.10. The van der Waals surface area contributed by atoms with E-state index >= 15 is 0 Å². The molecule has 0 amide bonds. The summed E-state index contributed by atoms with van der Waals surface area (Å²) in [5.74, 6) is 2.49. The zero-order valence-electron chi connectivity index (χ0n) is 17.1. The third-order valence-corrected chi connectivity index (χ3v) is 6.82. The first kappa shape index (κ1) is 19.6. The molecule has 158 valence electrons. The number of nitrogens with zero attached hydrogens (tertiary/aromatic N) is 4. The monoisotopic (exact) mass is 425 g/mol. The summed E-state index contributed by atoms with van der Waals surface area (Å²) in [6.07, 6.45) is 10.5. The number of phenols is 1. The van der Waals surface area contributed by atoms with Gasteiger partial charge in [-0.2, -0.15) is 15.0 Å². The molecule has 0 radical (unpaired) electrons. The Morgan fingerprint density at radius 2 is 2.10 bits per heavy atom. The molecule has 2 heterocycles. The topological polar surface area (TPSA) is 74.2 Å². The second kappa shape index (κ2) is 8.42. The number of halogens is 1. The van der Waals surface area contributed by atoms with E-state index in [0.717, 1.165) is 44.5 Å². The molecule has 2 bridgehead atoms. The van der Waals surface area contributed by atoms with Gasteiger partial charge in [0.2, 0.25) is 17.2 Å². The highest BCUT2D eigenvalue weighted by molar-refractivity contribution is 6.28. The summed E-state index contributed by atoms with van der Waals surface area (Å²) in [5.41, 5.74) is 3.90. The normalized spacial score (nSPS) is 23.0. The van der Waals surface area contributed by atoms with Gasteiger partial charge in [-0.3, -0.25) is 0 Å². The molecular weight excluding hydrogens is 398 g/mol. The van der Waals surface area contributed by atoms with Gasteiger partial charge in [0.15, 0.2) is 0 Å². The van der Waals surface area contributed by atoms with E-state index in [1.54, 1.807) is 6.07 Å². The van der Waals surface area contributed by atoms with Crippen molar-refractivity contribution in [3.63, 3.8) is 0 Å². The first-order chi connectivity index (χ1) is 14.7. The minimum absolute atomic E-state index is 0.230. The number of aromatic nitrogens is 3. The van der Waals surface area contributed by atoms with Crippen molar-refractivity contribution in [2.75, 3.05) is 29.9 Å². The fraction of sp³-hybridized carbons (Fsp3) is 0.522. The maximum atomic E-state index is 10.3. The molecule has 1 aliphatic heterocycles. The van der Waals surface area contributed by atoms with Gasteiger partial charge in [-0.05, 0) is 79.7 Å². The van der Waals surface area contributed by atoms with Crippen LogP contribution in [0.2, 0.25) is 5.28 Å². The van der Waals surface area contributed by atoms with Gasteiger partial charge >= 0.3 is 0 Å². The van der Waals surface area contributed by atoms with Crippen LogP contribution in [0.3, 0.4) is 0 Å². The molecule has 1 fully saturated rings. The number of aromatic hydroxyl groups is 1. The van der Waals surface area contributed by atoms with E-state index in [1.807, 2.05) is 6.07 Å². The molecule has 6 nitrogen and oxygen atoms in total. The molecule has 0 spiro atoms. The summed E-state index contributed by atoms with van der Waals surface area (Å²) in [6, 6.07) is 5.88. The van der Waals surface area contributed by atoms with Gasteiger partial charge in [-0.25, -0.2) is 0 Å². The summed E-state index contributed by atoms with van der Waals surface area (Å²) in [5, 5.41) is 13.8. The van der Waals surface area contributed by atoms with Gasteiger partial charge in [0.25, 0.3) is 0 Å². The molecule has 1 aromatic carbocycles. The van der Waals surface area contributed by atoms with Crippen LogP contribution in [0.4, 0.5) is 11.9 Å². The predicted octanol–water partition coefficient (Wildman–Crippen LogP) is 4.70. The number of nitrogens with one attached hydrogen (secondary N) is 1. The number of piperidine rings is 1. The Morgan fingerprint density at radius 1 is 1.17 bits per heavy atom. The number of benzene rings is 1. The van der Waals surface area contributed by atoms with Crippen LogP contribution < -0.4 is 10.2 Å². The lowest BCUT2D eigenvalue weighted by atomic mass is 9.73. The Kier molecular flexibility index (Phi) is 5.50. The maximum Gasteiger partial charge on any atom is 0.231 e. The minimum Gasteiger partial charge on any atom is -0.508 e. The number of allylic oxidation sites excluding steroid dienone is 1. The molecule has 1 aromatic heterocycles. The molecule has 1 saturated heterocycles. The van der Waals surface area contributed by atoms with E-state index in [9.17, 15) is 5.11 Å². The smallest absolute Gasteiger partial charge is 0.231 e. The van der Waals surface area contributed by atoms with Crippen molar-refractivity contribution in [3.8, 4) is 5.75 Å². The highest BCUT2D eigenvalue weighted by Gasteiger charge is 2.36. The zero-order chi connectivity index (χ0) is 20.5. The molecular formula is C23H28ClN5O. The maximum absolute atomic E-state index is 10.3. The fourth-order valence-electron chi connectivity index (χ4n) is 5.25. The number of anilines is 2. The van der Waals surface area contributed by atoms with Gasteiger partial charge in [-0.1, -0.05) is 23.8 Å². The SMILES string of the molecule is Oc1cccc2c1CC1CC2CN(c2nc(Cl)nc(NCCC3=CCCCC3)n2)C1. The Labute approximate surface area is 182 Å². The average Bonchev–Trinajstić information content (AvgIpc) is 2.75. The molecule has 2 aromatic rings. The molecule has 5 rings (SSSR count). The van der Waals surface area contributed by atoms with Crippen molar-refractivity contribution in [1.29, 1.82) is 0 Å². The predicted molar refractivity (Wildman–Crippen MR) is 119 cm³/mol. The van der Waals surface area contributed by atoms with Crippen LogP contribution in [0.15, 0.2) is 29.8 Å². The van der Waals surface area contributed by atoms with Gasteiger partial charge in [0, 0.05) is 25.6 Å². The Balaban J connectivity index is 1.29. The molecule has 2 unspecified atom stereocenters. The van der Waals surface area contributed by atoms with Crippen molar-refractivity contribution in [2.45, 2.75) is 50.9 Å². The summed E-state index contributed by atoms with van der Waals surface area (Å²) < 4.78 is 0. The van der Waals surface area contributed by atoms with E-state index in [4.69, 9.17) is 11.6 Å². The van der Waals surface area contributed by atoms with Crippen LogP contribution >= 0.6 is 11.6 Å². The molecule has 2 aliphatic carbocycles. The lowest BCUT2D eigenvalue weighted by Crippen LogP contribution is -2.43. The first-order valence-electron chi connectivity index (χ1n) is 11.0. The third-order valence-electron chi connectivity index (χ3n) is 6.65. The van der Waals surface area contributed by atoms with Crippen molar-refractivity contribution in [2.24, 2.45) is 5.92 Å². The summed E-state index contributed by atoms with van der Waals surface area (Å²) >= 11 is 6.25. The molecule has 30 heavy (non-hydrogen) atoms. The van der Waals surface area contributed by atoms with Crippen molar-refractivity contribution >= 4 is 23.5 Å². The minimum atomic E-state index is 0.230. The Morgan fingerprint density at radius 3 is 2.97 bits per heavy atom. The molecule has 2 N–H and O–H groups in total. The number of phenolic OH excluding ortho intramolecular Hbond substituents is 1. The van der Waals surface area contributed by atoms with Gasteiger partial charge in [0.05, 0.1) is 0 Å². The van der Waals surface area contributed by atoms with Crippen LogP contribution in [0, 0.1) is 5.92 Å². The lowest BCUT2D eigenvalue weighted by molar-refractivity contribution is 0.339. The first-order valence-corrected chi connectivity index (χ1v) is 11.4. The molecule has 3 aliphatic rings. The number of fused-ring (bicyclic) bond motifs is 4. The van der Waals surface area contributed by atoms with Crippen LogP contribution in [-0.2, 0) is 6.42 Å². The summed E-state index contributed by atoms with van der Waals surface area (Å²) in [7, 11) is 0. The van der Waals surface area contributed by atoms with Crippen molar-refractivity contribution < 1.29 is 5.11 Å². The van der Waals surface area contributed by atoms with Crippen LogP contribution in [0.25, 0.3) is 0 Å².